The van der Waals surface area contributed by atoms with Crippen molar-refractivity contribution < 1.29 is 0 Å². The zero-order valence-electron chi connectivity index (χ0n) is 9.53. The van der Waals surface area contributed by atoms with Gasteiger partial charge in [-0.15, -0.1) is 0 Å². The maximum absolute atomic E-state index is 11.4. The SMILES string of the molecule is Cc1[nH]c(=O)c(C#N)cc1Sc1ccc(Cl)cc1. The van der Waals surface area contributed by atoms with Gasteiger partial charge in [-0.25, -0.2) is 0 Å². The molecule has 0 saturated heterocycles. The number of aromatic amines is 1. The standard InChI is InChI=1S/C13H9ClN2OS/c1-8-12(6-9(7-15)13(17)16-8)18-11-4-2-10(14)3-5-11/h2-6H,1H3,(H,16,17). The Morgan fingerprint density at radius 2 is 2.00 bits per heavy atom. The summed E-state index contributed by atoms with van der Waals surface area (Å²) in [4.78, 5) is 15.9. The van der Waals surface area contributed by atoms with Crippen LogP contribution in [0.5, 0.6) is 0 Å². The molecule has 2 aromatic rings. The average Bonchev–Trinajstić information content (AvgIpc) is 2.35. The van der Waals surface area contributed by atoms with Crippen LogP contribution in [0.4, 0.5) is 0 Å². The quantitative estimate of drug-likeness (QED) is 0.915. The van der Waals surface area contributed by atoms with Gasteiger partial charge in [-0.05, 0) is 37.3 Å². The van der Waals surface area contributed by atoms with Gasteiger partial charge in [0.05, 0.1) is 0 Å². The smallest absolute Gasteiger partial charge is 0.266 e. The summed E-state index contributed by atoms with van der Waals surface area (Å²) in [7, 11) is 0. The highest BCUT2D eigenvalue weighted by molar-refractivity contribution is 7.99. The Hall–Kier alpha value is -1.70. The van der Waals surface area contributed by atoms with Crippen molar-refractivity contribution in [1.29, 1.82) is 5.26 Å². The molecule has 18 heavy (non-hydrogen) atoms. The van der Waals surface area contributed by atoms with Crippen LogP contribution in [0.2, 0.25) is 5.02 Å². The molecular weight excluding hydrogens is 268 g/mol. The summed E-state index contributed by atoms with van der Waals surface area (Å²) in [5.41, 5.74) is 0.520. The molecule has 0 radical (unpaired) electrons. The summed E-state index contributed by atoms with van der Waals surface area (Å²) in [6, 6.07) is 10.9. The van der Waals surface area contributed by atoms with Crippen LogP contribution < -0.4 is 5.56 Å². The predicted octanol–water partition coefficient (Wildman–Crippen LogP) is 3.36. The molecule has 1 N–H and O–H groups in total. The second-order valence-electron chi connectivity index (χ2n) is 3.67. The van der Waals surface area contributed by atoms with Crippen LogP contribution in [0.15, 0.2) is 44.9 Å². The molecule has 0 amide bonds. The van der Waals surface area contributed by atoms with Crippen LogP contribution in [0.3, 0.4) is 0 Å². The summed E-state index contributed by atoms with van der Waals surface area (Å²) in [5.74, 6) is 0. The van der Waals surface area contributed by atoms with E-state index in [1.807, 2.05) is 18.2 Å². The molecule has 1 aromatic carbocycles. The number of nitrogens with one attached hydrogen (secondary N) is 1. The molecule has 1 aromatic heterocycles. The van der Waals surface area contributed by atoms with Crippen LogP contribution in [0.1, 0.15) is 11.3 Å². The normalized spacial score (nSPS) is 10.1. The molecule has 90 valence electrons. The van der Waals surface area contributed by atoms with Crippen molar-refractivity contribution in [2.45, 2.75) is 16.7 Å². The first-order valence-corrected chi connectivity index (χ1v) is 6.37. The number of hydrogen-bond acceptors (Lipinski definition) is 3. The highest BCUT2D eigenvalue weighted by atomic mass is 35.5. The molecule has 0 aliphatic heterocycles. The van der Waals surface area contributed by atoms with E-state index in [-0.39, 0.29) is 11.1 Å². The Labute approximate surface area is 113 Å². The van der Waals surface area contributed by atoms with Gasteiger partial charge in [0.2, 0.25) is 0 Å². The zero-order valence-corrected chi connectivity index (χ0v) is 11.1. The number of nitriles is 1. The number of aryl methyl sites for hydroxylation is 1. The van der Waals surface area contributed by atoms with Gasteiger partial charge in [0.25, 0.3) is 5.56 Å². The third kappa shape index (κ3) is 2.76. The van der Waals surface area contributed by atoms with Gasteiger partial charge in [-0.3, -0.25) is 4.79 Å². The first kappa shape index (κ1) is 12.7. The molecule has 0 unspecified atom stereocenters. The first-order valence-electron chi connectivity index (χ1n) is 5.17. The fourth-order valence-corrected chi connectivity index (χ4v) is 2.46. The third-order valence-electron chi connectivity index (χ3n) is 2.35. The molecule has 0 fully saturated rings. The number of halogens is 1. The van der Waals surface area contributed by atoms with E-state index < -0.39 is 0 Å². The van der Waals surface area contributed by atoms with Gasteiger partial charge in [-0.2, -0.15) is 5.26 Å². The number of pyridine rings is 1. The maximum atomic E-state index is 11.4. The monoisotopic (exact) mass is 276 g/mol. The number of hydrogen-bond donors (Lipinski definition) is 1. The van der Waals surface area contributed by atoms with Crippen molar-refractivity contribution >= 4 is 23.4 Å². The molecule has 0 spiro atoms. The van der Waals surface area contributed by atoms with E-state index in [0.29, 0.717) is 5.02 Å². The second kappa shape index (κ2) is 5.30. The van der Waals surface area contributed by atoms with Gasteiger partial charge < -0.3 is 4.98 Å². The topological polar surface area (TPSA) is 56.6 Å². The van der Waals surface area contributed by atoms with E-state index in [2.05, 4.69) is 4.98 Å². The predicted molar refractivity (Wildman–Crippen MR) is 72.1 cm³/mol. The Balaban J connectivity index is 2.38. The Morgan fingerprint density at radius 1 is 1.33 bits per heavy atom. The highest BCUT2D eigenvalue weighted by Crippen LogP contribution is 2.30. The van der Waals surface area contributed by atoms with E-state index >= 15 is 0 Å². The minimum Gasteiger partial charge on any atom is -0.324 e. The molecular formula is C13H9ClN2OS. The van der Waals surface area contributed by atoms with Crippen molar-refractivity contribution in [3.05, 3.63) is 57.0 Å². The van der Waals surface area contributed by atoms with E-state index in [4.69, 9.17) is 16.9 Å². The van der Waals surface area contributed by atoms with Crippen molar-refractivity contribution in [2.24, 2.45) is 0 Å². The molecule has 5 heteroatoms. The van der Waals surface area contributed by atoms with Crippen LogP contribution in [0, 0.1) is 18.3 Å². The lowest BCUT2D eigenvalue weighted by molar-refractivity contribution is 1.06. The lowest BCUT2D eigenvalue weighted by atomic mass is 10.3. The number of benzene rings is 1. The Morgan fingerprint density at radius 3 is 2.61 bits per heavy atom. The molecule has 2 rings (SSSR count). The molecule has 0 saturated carbocycles. The second-order valence-corrected chi connectivity index (χ2v) is 5.22. The van der Waals surface area contributed by atoms with Crippen molar-refractivity contribution in [3.63, 3.8) is 0 Å². The largest absolute Gasteiger partial charge is 0.324 e. The molecule has 3 nitrogen and oxygen atoms in total. The average molecular weight is 277 g/mol. The fourth-order valence-electron chi connectivity index (χ4n) is 1.42. The Kier molecular flexibility index (Phi) is 3.75. The number of aromatic nitrogens is 1. The van der Waals surface area contributed by atoms with E-state index in [0.717, 1.165) is 15.5 Å². The number of H-pyrrole nitrogens is 1. The van der Waals surface area contributed by atoms with Crippen LogP contribution in [-0.4, -0.2) is 4.98 Å². The fraction of sp³-hybridized carbons (Fsp3) is 0.0769. The van der Waals surface area contributed by atoms with Crippen LogP contribution >= 0.6 is 23.4 Å². The van der Waals surface area contributed by atoms with Crippen LogP contribution in [0.25, 0.3) is 0 Å². The number of nitrogens with zero attached hydrogens (tertiary/aromatic N) is 1. The van der Waals surface area contributed by atoms with Gasteiger partial charge in [0, 0.05) is 20.5 Å². The molecule has 1 heterocycles. The molecule has 0 bridgehead atoms. The third-order valence-corrected chi connectivity index (χ3v) is 3.76. The maximum Gasteiger partial charge on any atom is 0.266 e. The van der Waals surface area contributed by atoms with Crippen LogP contribution in [-0.2, 0) is 0 Å². The van der Waals surface area contributed by atoms with Gasteiger partial charge in [0.15, 0.2) is 0 Å². The minimum atomic E-state index is -0.351. The molecule has 0 aliphatic carbocycles. The summed E-state index contributed by atoms with van der Waals surface area (Å²) < 4.78 is 0. The van der Waals surface area contributed by atoms with Gasteiger partial charge in [0.1, 0.15) is 11.6 Å². The van der Waals surface area contributed by atoms with Gasteiger partial charge in [-0.1, -0.05) is 23.4 Å². The number of rotatable bonds is 2. The van der Waals surface area contributed by atoms with E-state index in [1.165, 1.54) is 11.8 Å². The zero-order chi connectivity index (χ0) is 13.1. The minimum absolute atomic E-state index is 0.122. The summed E-state index contributed by atoms with van der Waals surface area (Å²) in [5, 5.41) is 9.52. The lowest BCUT2D eigenvalue weighted by Gasteiger charge is -2.05. The van der Waals surface area contributed by atoms with Crippen molar-refractivity contribution in [3.8, 4) is 6.07 Å². The molecule has 0 atom stereocenters. The highest BCUT2D eigenvalue weighted by Gasteiger charge is 2.06. The summed E-state index contributed by atoms with van der Waals surface area (Å²) >= 11 is 7.30. The van der Waals surface area contributed by atoms with Crippen molar-refractivity contribution in [1.82, 2.24) is 4.98 Å². The van der Waals surface area contributed by atoms with E-state index in [1.54, 1.807) is 25.1 Å². The van der Waals surface area contributed by atoms with Crippen molar-refractivity contribution in [2.75, 3.05) is 0 Å². The Bertz CT molecular complexity index is 671. The first-order chi connectivity index (χ1) is 8.60. The van der Waals surface area contributed by atoms with Gasteiger partial charge >= 0.3 is 0 Å². The lowest BCUT2D eigenvalue weighted by Crippen LogP contribution is -2.11. The molecule has 0 aliphatic rings. The summed E-state index contributed by atoms with van der Waals surface area (Å²) in [6.45, 7) is 1.81. The van der Waals surface area contributed by atoms with E-state index in [9.17, 15) is 4.79 Å². The summed E-state index contributed by atoms with van der Waals surface area (Å²) in [6.07, 6.45) is 0.